The second kappa shape index (κ2) is 8.70. The summed E-state index contributed by atoms with van der Waals surface area (Å²) < 4.78 is 3.05. The number of thiocarbonyl (C=S) groups is 1. The van der Waals surface area contributed by atoms with Gasteiger partial charge in [0.15, 0.2) is 0 Å². The van der Waals surface area contributed by atoms with Crippen LogP contribution in [-0.2, 0) is 4.74 Å². The van der Waals surface area contributed by atoms with Crippen molar-refractivity contribution in [2.24, 2.45) is 0 Å². The number of halogens is 3. The van der Waals surface area contributed by atoms with Gasteiger partial charge in [-0.25, -0.2) is 4.79 Å². The first kappa shape index (κ1) is 15.6. The van der Waals surface area contributed by atoms with Crippen LogP contribution in [0.15, 0.2) is 0 Å². The lowest BCUT2D eigenvalue weighted by molar-refractivity contribution is 0.149. The summed E-state index contributed by atoms with van der Waals surface area (Å²) in [5.74, 6) is 1.38. The highest BCUT2D eigenvalue weighted by atomic mass is 35.6. The van der Waals surface area contributed by atoms with Crippen LogP contribution >= 0.6 is 58.8 Å². The fraction of sp³-hybridized carbons (Fsp3) is 0.714. The molecule has 87 valence electrons. The van der Waals surface area contributed by atoms with Gasteiger partial charge in [0, 0.05) is 23.4 Å². The van der Waals surface area contributed by atoms with E-state index in [0.717, 1.165) is 5.75 Å². The second-order valence-corrected chi connectivity index (χ2v) is 6.22. The van der Waals surface area contributed by atoms with Crippen molar-refractivity contribution in [3.05, 3.63) is 0 Å². The van der Waals surface area contributed by atoms with Gasteiger partial charge in [0.25, 0.3) is 0 Å². The molecular formula is C7H9Cl3NO2S2. The maximum absolute atomic E-state index is 11.0. The Morgan fingerprint density at radius 1 is 1.53 bits per heavy atom. The van der Waals surface area contributed by atoms with Crippen LogP contribution < -0.4 is 5.32 Å². The Hall–Kier alpha value is 0.580. The number of thioether (sulfide) groups is 1. The Labute approximate surface area is 113 Å². The van der Waals surface area contributed by atoms with E-state index in [-0.39, 0.29) is 6.61 Å². The van der Waals surface area contributed by atoms with Gasteiger partial charge in [0.1, 0.15) is 6.61 Å². The lowest BCUT2D eigenvalue weighted by Crippen LogP contribution is -2.29. The maximum Gasteiger partial charge on any atom is 0.407 e. The number of nitrogens with one attached hydrogen (secondary N) is 1. The van der Waals surface area contributed by atoms with E-state index in [1.54, 1.807) is 11.8 Å². The normalized spacial score (nSPS) is 10.9. The summed E-state index contributed by atoms with van der Waals surface area (Å²) in [5.41, 5.74) is 0. The van der Waals surface area contributed by atoms with Crippen molar-refractivity contribution in [3.8, 4) is 0 Å². The van der Waals surface area contributed by atoms with Crippen LogP contribution in [0.2, 0.25) is 0 Å². The van der Waals surface area contributed by atoms with Crippen LogP contribution in [0.25, 0.3) is 0 Å². The second-order valence-electron chi connectivity index (χ2n) is 2.32. The molecule has 15 heavy (non-hydrogen) atoms. The van der Waals surface area contributed by atoms with Crippen LogP contribution in [0.3, 0.4) is 0 Å². The van der Waals surface area contributed by atoms with Crippen molar-refractivity contribution < 1.29 is 9.53 Å². The average Bonchev–Trinajstić information content (AvgIpc) is 2.13. The Kier molecular flexibility index (Phi) is 9.04. The van der Waals surface area contributed by atoms with E-state index in [9.17, 15) is 4.79 Å². The van der Waals surface area contributed by atoms with E-state index in [1.807, 2.05) is 0 Å². The number of carbonyl (C=O) groups is 1. The molecule has 0 aromatic heterocycles. The molecule has 0 aromatic carbocycles. The molecule has 0 fully saturated rings. The molecule has 0 bridgehead atoms. The molecule has 0 aliphatic heterocycles. The maximum atomic E-state index is 11.0. The predicted molar refractivity (Wildman–Crippen MR) is 69.6 cm³/mol. The van der Waals surface area contributed by atoms with Crippen LogP contribution in [-0.4, -0.2) is 39.9 Å². The Morgan fingerprint density at radius 3 is 2.73 bits per heavy atom. The number of amides is 1. The van der Waals surface area contributed by atoms with Gasteiger partial charge in [-0.15, -0.1) is 0 Å². The monoisotopic (exact) mass is 308 g/mol. The third-order valence-electron chi connectivity index (χ3n) is 1.04. The average molecular weight is 310 g/mol. The summed E-state index contributed by atoms with van der Waals surface area (Å²) in [6.07, 6.45) is -0.603. The van der Waals surface area contributed by atoms with Crippen molar-refractivity contribution in [3.63, 3.8) is 0 Å². The molecule has 0 aliphatic carbocycles. The minimum Gasteiger partial charge on any atom is -0.445 e. The smallest absolute Gasteiger partial charge is 0.407 e. The van der Waals surface area contributed by atoms with Gasteiger partial charge in [0.2, 0.25) is 3.79 Å². The molecule has 3 nitrogen and oxygen atoms in total. The fourth-order valence-corrected chi connectivity index (χ4v) is 1.43. The SMILES string of the molecule is O=C(NCCSC[C]=S)OCC(Cl)(Cl)Cl. The lowest BCUT2D eigenvalue weighted by atomic mass is 10.7. The molecule has 1 N–H and O–H groups in total. The molecule has 0 aromatic rings. The number of hydrogen-bond donors (Lipinski definition) is 1. The van der Waals surface area contributed by atoms with Crippen LogP contribution in [0.5, 0.6) is 0 Å². The molecule has 0 rings (SSSR count). The van der Waals surface area contributed by atoms with E-state index >= 15 is 0 Å². The zero-order valence-electron chi connectivity index (χ0n) is 7.60. The molecule has 8 heteroatoms. The number of alkyl halides is 3. The summed E-state index contributed by atoms with van der Waals surface area (Å²) in [7, 11) is 0. The minimum absolute atomic E-state index is 0.273. The predicted octanol–water partition coefficient (Wildman–Crippen LogP) is 2.69. The van der Waals surface area contributed by atoms with Crippen LogP contribution in [0.1, 0.15) is 0 Å². The van der Waals surface area contributed by atoms with Crippen molar-refractivity contribution in [1.29, 1.82) is 0 Å². The summed E-state index contributed by atoms with van der Waals surface area (Å²) in [6, 6.07) is 0. The first-order valence-electron chi connectivity index (χ1n) is 3.86. The molecule has 0 spiro atoms. The van der Waals surface area contributed by atoms with Gasteiger partial charge >= 0.3 is 6.09 Å². The zero-order chi connectivity index (χ0) is 11.7. The quantitative estimate of drug-likeness (QED) is 0.465. The standard InChI is InChI=1S/C7H9Cl3NO2S2/c8-7(9,10)5-13-6(12)11-1-3-15-4-2-14/h1,3-5H2,(H,11,12). The third kappa shape index (κ3) is 12.5. The molecule has 0 aliphatic rings. The third-order valence-corrected chi connectivity index (χ3v) is 2.54. The zero-order valence-corrected chi connectivity index (χ0v) is 11.5. The van der Waals surface area contributed by atoms with E-state index < -0.39 is 9.89 Å². The first-order chi connectivity index (χ1) is 6.95. The van der Waals surface area contributed by atoms with Gasteiger partial charge in [-0.3, -0.25) is 0 Å². The number of ether oxygens (including phenoxy) is 1. The highest BCUT2D eigenvalue weighted by Gasteiger charge is 2.21. The molecule has 1 radical (unpaired) electrons. The largest absolute Gasteiger partial charge is 0.445 e. The molecule has 0 saturated carbocycles. The highest BCUT2D eigenvalue weighted by molar-refractivity contribution is 8.00. The van der Waals surface area contributed by atoms with E-state index in [4.69, 9.17) is 34.8 Å². The van der Waals surface area contributed by atoms with Crippen LogP contribution in [0.4, 0.5) is 4.79 Å². The first-order valence-corrected chi connectivity index (χ1v) is 6.55. The van der Waals surface area contributed by atoms with Gasteiger partial charge in [-0.1, -0.05) is 47.0 Å². The Bertz CT molecular complexity index is 211. The van der Waals surface area contributed by atoms with Crippen molar-refractivity contribution >= 4 is 70.2 Å². The van der Waals surface area contributed by atoms with Crippen molar-refractivity contribution in [2.45, 2.75) is 3.79 Å². The number of rotatable bonds is 6. The minimum atomic E-state index is -1.57. The summed E-state index contributed by atoms with van der Waals surface area (Å²) in [6.45, 7) is 0.199. The Balaban J connectivity index is 3.38. The van der Waals surface area contributed by atoms with E-state index in [1.165, 1.54) is 0 Å². The highest BCUT2D eigenvalue weighted by Crippen LogP contribution is 2.25. The van der Waals surface area contributed by atoms with Crippen LogP contribution in [0, 0.1) is 0 Å². The van der Waals surface area contributed by atoms with E-state index in [2.05, 4.69) is 27.6 Å². The molecule has 0 atom stereocenters. The molecule has 0 saturated heterocycles. The number of carbonyl (C=O) groups excluding carboxylic acids is 1. The number of hydrogen-bond acceptors (Lipinski definition) is 4. The van der Waals surface area contributed by atoms with Gasteiger partial charge in [-0.2, -0.15) is 11.8 Å². The lowest BCUT2D eigenvalue weighted by Gasteiger charge is -2.11. The summed E-state index contributed by atoms with van der Waals surface area (Å²) >= 11 is 22.2. The van der Waals surface area contributed by atoms with Crippen molar-refractivity contribution in [2.75, 3.05) is 24.7 Å². The van der Waals surface area contributed by atoms with Gasteiger partial charge in [0.05, 0.1) is 0 Å². The number of alkyl carbamates (subject to hydrolysis) is 1. The molecule has 0 unspecified atom stereocenters. The molecule has 0 heterocycles. The Morgan fingerprint density at radius 2 is 2.20 bits per heavy atom. The summed E-state index contributed by atoms with van der Waals surface area (Å²) in [5, 5.41) is 5.05. The summed E-state index contributed by atoms with van der Waals surface area (Å²) in [4.78, 5) is 11.0. The van der Waals surface area contributed by atoms with Gasteiger partial charge < -0.3 is 10.1 Å². The van der Waals surface area contributed by atoms with Crippen molar-refractivity contribution in [1.82, 2.24) is 5.32 Å². The fourth-order valence-electron chi connectivity index (χ4n) is 0.538. The van der Waals surface area contributed by atoms with E-state index in [0.29, 0.717) is 12.3 Å². The molecular weight excluding hydrogens is 301 g/mol. The topological polar surface area (TPSA) is 38.3 Å². The van der Waals surface area contributed by atoms with Gasteiger partial charge in [-0.05, 0) is 0 Å². The molecule has 1 amide bonds.